The van der Waals surface area contributed by atoms with Gasteiger partial charge in [-0.25, -0.2) is 15.0 Å². The average Bonchev–Trinajstić information content (AvgIpc) is 2.28. The van der Waals surface area contributed by atoms with Crippen molar-refractivity contribution in [3.8, 4) is 0 Å². The van der Waals surface area contributed by atoms with Crippen molar-refractivity contribution in [1.82, 2.24) is 15.0 Å². The zero-order valence-electron chi connectivity index (χ0n) is 8.32. The summed E-state index contributed by atoms with van der Waals surface area (Å²) < 4.78 is 0. The smallest absolute Gasteiger partial charge is 0.136 e. The zero-order valence-corrected chi connectivity index (χ0v) is 10.6. The number of hydrogen-bond acceptors (Lipinski definition) is 4. The van der Waals surface area contributed by atoms with Crippen LogP contribution in [0.3, 0.4) is 0 Å². The highest BCUT2D eigenvalue weighted by Gasteiger charge is 2.07. The van der Waals surface area contributed by atoms with Crippen LogP contribution in [0.4, 0.5) is 0 Å². The van der Waals surface area contributed by atoms with Crippen molar-refractivity contribution in [3.63, 3.8) is 0 Å². The molecule has 0 aliphatic rings. The normalized spacial score (nSPS) is 10.4. The molecule has 0 radical (unpaired) electrons. The number of hydrogen-bond donors (Lipinski definition) is 0. The van der Waals surface area contributed by atoms with E-state index >= 15 is 0 Å². The molecule has 2 aromatic rings. The summed E-state index contributed by atoms with van der Waals surface area (Å²) in [5.41, 5.74) is 0.853. The summed E-state index contributed by atoms with van der Waals surface area (Å²) in [6.07, 6.45) is 3.04. The van der Waals surface area contributed by atoms with Crippen LogP contribution in [0.1, 0.15) is 5.56 Å². The van der Waals surface area contributed by atoms with E-state index in [1.165, 1.54) is 18.1 Å². The first-order valence-corrected chi connectivity index (χ1v) is 6.00. The lowest BCUT2D eigenvalue weighted by molar-refractivity contribution is 0.997. The fourth-order valence-electron chi connectivity index (χ4n) is 1.04. The number of aromatic nitrogens is 3. The van der Waals surface area contributed by atoms with Gasteiger partial charge < -0.3 is 0 Å². The van der Waals surface area contributed by atoms with Crippen molar-refractivity contribution in [3.05, 3.63) is 40.4 Å². The minimum atomic E-state index is 0.464. The van der Waals surface area contributed by atoms with Crippen LogP contribution in [0.2, 0.25) is 10.2 Å². The molecule has 0 aromatic carbocycles. The van der Waals surface area contributed by atoms with Crippen LogP contribution >= 0.6 is 35.0 Å². The lowest BCUT2D eigenvalue weighted by Gasteiger charge is -2.04. The SMILES string of the molecule is Cc1c(Cl)ncnc1Sc1ccc(Cl)cn1. The van der Waals surface area contributed by atoms with E-state index in [9.17, 15) is 0 Å². The Morgan fingerprint density at radius 3 is 2.62 bits per heavy atom. The third-order valence-electron chi connectivity index (χ3n) is 1.88. The number of halogens is 2. The molecule has 0 bridgehead atoms. The number of nitrogens with zero attached hydrogens (tertiary/aromatic N) is 3. The van der Waals surface area contributed by atoms with Crippen LogP contribution in [-0.2, 0) is 0 Å². The van der Waals surface area contributed by atoms with Crippen molar-refractivity contribution in [1.29, 1.82) is 0 Å². The van der Waals surface area contributed by atoms with Gasteiger partial charge in [0.05, 0.1) is 5.02 Å². The molecule has 2 rings (SSSR count). The number of pyridine rings is 1. The van der Waals surface area contributed by atoms with Crippen LogP contribution < -0.4 is 0 Å². The molecule has 82 valence electrons. The lowest BCUT2D eigenvalue weighted by Crippen LogP contribution is -1.90. The van der Waals surface area contributed by atoms with Gasteiger partial charge in [0.15, 0.2) is 0 Å². The summed E-state index contributed by atoms with van der Waals surface area (Å²) in [5.74, 6) is 0. The summed E-state index contributed by atoms with van der Waals surface area (Å²) in [6.45, 7) is 1.88. The minimum absolute atomic E-state index is 0.464. The van der Waals surface area contributed by atoms with Gasteiger partial charge in [0.25, 0.3) is 0 Å². The van der Waals surface area contributed by atoms with Gasteiger partial charge in [-0.15, -0.1) is 0 Å². The second kappa shape index (κ2) is 4.99. The largest absolute Gasteiger partial charge is 0.248 e. The maximum Gasteiger partial charge on any atom is 0.136 e. The van der Waals surface area contributed by atoms with Gasteiger partial charge in [0.2, 0.25) is 0 Å². The summed E-state index contributed by atoms with van der Waals surface area (Å²) in [4.78, 5) is 12.2. The maximum atomic E-state index is 5.90. The molecule has 0 unspecified atom stereocenters. The Kier molecular flexibility index (Phi) is 3.63. The second-order valence-electron chi connectivity index (χ2n) is 3.01. The van der Waals surface area contributed by atoms with E-state index in [0.717, 1.165) is 15.6 Å². The van der Waals surface area contributed by atoms with E-state index in [2.05, 4.69) is 15.0 Å². The first kappa shape index (κ1) is 11.6. The fraction of sp³-hybridized carbons (Fsp3) is 0.100. The molecule has 2 aromatic heterocycles. The monoisotopic (exact) mass is 271 g/mol. The maximum absolute atomic E-state index is 5.90. The molecule has 0 fully saturated rings. The second-order valence-corrected chi connectivity index (χ2v) is 4.81. The van der Waals surface area contributed by atoms with Crippen LogP contribution in [0.15, 0.2) is 34.7 Å². The van der Waals surface area contributed by atoms with Gasteiger partial charge in [-0.1, -0.05) is 23.2 Å². The standard InChI is InChI=1S/C10H7Cl2N3S/c1-6-9(12)14-5-15-10(6)16-8-3-2-7(11)4-13-8/h2-5H,1H3. The molecular weight excluding hydrogens is 265 g/mol. The van der Waals surface area contributed by atoms with Crippen molar-refractivity contribution < 1.29 is 0 Å². The lowest BCUT2D eigenvalue weighted by atomic mass is 10.4. The van der Waals surface area contributed by atoms with E-state index in [-0.39, 0.29) is 0 Å². The van der Waals surface area contributed by atoms with Crippen LogP contribution in [0.25, 0.3) is 0 Å². The molecule has 0 aliphatic heterocycles. The Hall–Kier alpha value is -0.840. The molecular formula is C10H7Cl2N3S. The summed E-state index contributed by atoms with van der Waals surface area (Å²) in [5, 5.41) is 2.70. The minimum Gasteiger partial charge on any atom is -0.248 e. The van der Waals surface area contributed by atoms with Gasteiger partial charge in [-0.2, -0.15) is 0 Å². The Bertz CT molecular complexity index is 502. The van der Waals surface area contributed by atoms with Crippen LogP contribution in [0, 0.1) is 6.92 Å². The Labute approximate surface area is 107 Å². The Balaban J connectivity index is 2.27. The highest BCUT2D eigenvalue weighted by Crippen LogP contribution is 2.29. The van der Waals surface area contributed by atoms with Gasteiger partial charge in [-0.05, 0) is 30.8 Å². The predicted octanol–water partition coefficient (Wildman–Crippen LogP) is 3.64. The average molecular weight is 272 g/mol. The molecule has 3 nitrogen and oxygen atoms in total. The molecule has 0 N–H and O–H groups in total. The topological polar surface area (TPSA) is 38.7 Å². The Morgan fingerprint density at radius 1 is 1.12 bits per heavy atom. The van der Waals surface area contributed by atoms with Gasteiger partial charge in [-0.3, -0.25) is 0 Å². The van der Waals surface area contributed by atoms with E-state index in [1.54, 1.807) is 12.3 Å². The van der Waals surface area contributed by atoms with Crippen molar-refractivity contribution in [2.24, 2.45) is 0 Å². The summed E-state index contributed by atoms with van der Waals surface area (Å²) in [6, 6.07) is 3.62. The highest BCUT2D eigenvalue weighted by molar-refractivity contribution is 7.99. The number of rotatable bonds is 2. The van der Waals surface area contributed by atoms with Crippen LogP contribution in [0.5, 0.6) is 0 Å². The highest BCUT2D eigenvalue weighted by atomic mass is 35.5. The molecule has 0 aliphatic carbocycles. The molecule has 16 heavy (non-hydrogen) atoms. The molecule has 0 saturated heterocycles. The molecule has 0 amide bonds. The third-order valence-corrected chi connectivity index (χ3v) is 3.54. The van der Waals surface area contributed by atoms with Crippen molar-refractivity contribution in [2.75, 3.05) is 0 Å². The summed E-state index contributed by atoms with van der Waals surface area (Å²) >= 11 is 13.1. The quantitative estimate of drug-likeness (QED) is 0.782. The fourth-order valence-corrected chi connectivity index (χ4v) is 2.13. The Morgan fingerprint density at radius 2 is 1.94 bits per heavy atom. The van der Waals surface area contributed by atoms with Crippen LogP contribution in [-0.4, -0.2) is 15.0 Å². The van der Waals surface area contributed by atoms with Gasteiger partial charge >= 0.3 is 0 Å². The van der Waals surface area contributed by atoms with E-state index in [4.69, 9.17) is 23.2 Å². The first-order valence-electron chi connectivity index (χ1n) is 4.43. The first-order chi connectivity index (χ1) is 7.66. The van der Waals surface area contributed by atoms with Crippen molar-refractivity contribution in [2.45, 2.75) is 17.0 Å². The molecule has 0 atom stereocenters. The molecule has 0 spiro atoms. The van der Waals surface area contributed by atoms with E-state index in [0.29, 0.717) is 10.2 Å². The molecule has 6 heteroatoms. The molecule has 0 saturated carbocycles. The van der Waals surface area contributed by atoms with E-state index in [1.807, 2.05) is 13.0 Å². The molecule has 2 heterocycles. The third kappa shape index (κ3) is 2.64. The van der Waals surface area contributed by atoms with Crippen molar-refractivity contribution >= 4 is 35.0 Å². The predicted molar refractivity (Wildman–Crippen MR) is 65.1 cm³/mol. The van der Waals surface area contributed by atoms with Gasteiger partial charge in [0.1, 0.15) is 21.5 Å². The van der Waals surface area contributed by atoms with E-state index < -0.39 is 0 Å². The zero-order chi connectivity index (χ0) is 11.5. The summed E-state index contributed by atoms with van der Waals surface area (Å²) in [7, 11) is 0. The van der Waals surface area contributed by atoms with Gasteiger partial charge in [0, 0.05) is 11.8 Å².